The summed E-state index contributed by atoms with van der Waals surface area (Å²) in [6, 6.07) is 5.61. The van der Waals surface area contributed by atoms with E-state index in [1.165, 1.54) is 11.1 Å². The topological polar surface area (TPSA) is 93.2 Å². The quantitative estimate of drug-likeness (QED) is 0.286. The lowest BCUT2D eigenvalue weighted by atomic mass is 9.84. The van der Waals surface area contributed by atoms with Crippen LogP contribution in [-0.2, 0) is 27.5 Å². The number of amides is 3. The van der Waals surface area contributed by atoms with Gasteiger partial charge in [0, 0.05) is 37.2 Å². The van der Waals surface area contributed by atoms with E-state index in [2.05, 4.69) is 16.3 Å². The van der Waals surface area contributed by atoms with Gasteiger partial charge < -0.3 is 10.2 Å². The van der Waals surface area contributed by atoms with Crippen molar-refractivity contribution in [3.8, 4) is 0 Å². The average Bonchev–Trinajstić information content (AvgIpc) is 3.61. The predicted molar refractivity (Wildman–Crippen MR) is 142 cm³/mol. The Kier molecular flexibility index (Phi) is 8.81. The molecule has 3 amide bonds. The largest absolute Gasteiger partial charge is 0.344 e. The van der Waals surface area contributed by atoms with Gasteiger partial charge in [-0.1, -0.05) is 64.1 Å². The Labute approximate surface area is 225 Å². The van der Waals surface area contributed by atoms with Crippen LogP contribution in [0.3, 0.4) is 0 Å². The summed E-state index contributed by atoms with van der Waals surface area (Å²) in [7, 11) is 0. The summed E-state index contributed by atoms with van der Waals surface area (Å²) < 4.78 is 0. The van der Waals surface area contributed by atoms with Crippen LogP contribution in [0.25, 0.3) is 0 Å². The third-order valence-corrected chi connectivity index (χ3v) is 8.53. The number of carbonyl (C=O) groups excluding carboxylic acids is 3. The first-order valence-electron chi connectivity index (χ1n) is 13.6. The van der Waals surface area contributed by atoms with Crippen LogP contribution in [0, 0.1) is 17.3 Å². The van der Waals surface area contributed by atoms with Crippen LogP contribution in [0.5, 0.6) is 0 Å². The van der Waals surface area contributed by atoms with Gasteiger partial charge >= 0.3 is 0 Å². The van der Waals surface area contributed by atoms with E-state index in [-0.39, 0.29) is 24.4 Å². The number of likely N-dealkylation sites (tertiary alicyclic amines) is 1. The summed E-state index contributed by atoms with van der Waals surface area (Å²) in [5.41, 5.74) is 2.04. The van der Waals surface area contributed by atoms with Crippen molar-refractivity contribution >= 4 is 29.8 Å². The van der Waals surface area contributed by atoms with E-state index in [1.807, 2.05) is 37.8 Å². The zero-order valence-corrected chi connectivity index (χ0v) is 23.0. The zero-order valence-electron chi connectivity index (χ0n) is 22.3. The number of halogens is 1. The molecule has 8 nitrogen and oxygen atoms in total. The molecular weight excluding hydrogens is 492 g/mol. The van der Waals surface area contributed by atoms with Crippen molar-refractivity contribution in [2.75, 3.05) is 19.6 Å². The second-order valence-electron chi connectivity index (χ2n) is 12.2. The molecule has 37 heavy (non-hydrogen) atoms. The number of carbonyl (C=O) groups is 3. The van der Waals surface area contributed by atoms with Crippen molar-refractivity contribution < 1.29 is 19.6 Å². The number of hydrogen-bond acceptors (Lipinski definition) is 5. The molecule has 3 atom stereocenters. The first kappa shape index (κ1) is 27.9. The maximum Gasteiger partial charge on any atom is 0.245 e. The van der Waals surface area contributed by atoms with E-state index in [1.54, 1.807) is 0 Å². The molecule has 0 bridgehead atoms. The van der Waals surface area contributed by atoms with Crippen LogP contribution in [0.1, 0.15) is 70.4 Å². The Morgan fingerprint density at radius 3 is 2.57 bits per heavy atom. The number of fused-ring (bicyclic) bond motifs is 1. The molecule has 0 radical (unpaired) electrons. The molecule has 1 aliphatic carbocycles. The second-order valence-corrected chi connectivity index (χ2v) is 12.6. The molecule has 2 fully saturated rings. The van der Waals surface area contributed by atoms with Gasteiger partial charge in [-0.3, -0.25) is 24.5 Å². The highest BCUT2D eigenvalue weighted by Gasteiger charge is 2.41. The summed E-state index contributed by atoms with van der Waals surface area (Å²) in [5, 5.41) is 14.2. The summed E-state index contributed by atoms with van der Waals surface area (Å²) >= 11 is 6.18. The second kappa shape index (κ2) is 11.7. The van der Waals surface area contributed by atoms with Gasteiger partial charge in [-0.05, 0) is 47.4 Å². The first-order chi connectivity index (χ1) is 17.5. The molecule has 2 heterocycles. The van der Waals surface area contributed by atoms with Crippen LogP contribution in [0.15, 0.2) is 18.2 Å². The molecule has 0 aromatic heterocycles. The molecule has 1 aromatic rings. The predicted octanol–water partition coefficient (Wildman–Crippen LogP) is 3.83. The Morgan fingerprint density at radius 2 is 1.89 bits per heavy atom. The molecule has 2 N–H and O–H groups in total. The van der Waals surface area contributed by atoms with E-state index in [4.69, 9.17) is 11.6 Å². The zero-order chi connectivity index (χ0) is 26.7. The molecule has 9 heteroatoms. The number of nitrogens with one attached hydrogen (secondary N) is 1. The molecule has 1 saturated carbocycles. The van der Waals surface area contributed by atoms with E-state index in [9.17, 15) is 19.6 Å². The van der Waals surface area contributed by atoms with Gasteiger partial charge in [0.05, 0.1) is 12.5 Å². The van der Waals surface area contributed by atoms with Crippen molar-refractivity contribution in [2.24, 2.45) is 17.3 Å². The lowest BCUT2D eigenvalue weighted by molar-refractivity contribution is -0.155. The standard InChI is InChI=1S/C28H41ClN4O4/c1-28(2,3)25(30-26(35)22(16-33(37)18-34)12-19-6-4-5-7-19)27(36)31-11-10-24(17-31)32-14-20-8-9-23(29)13-21(20)15-32/h8-9,13,18-19,22,24-25,37H,4-7,10-12,14-17H2,1-3H3,(H,30,35)/t22-,24?,25-/m1/s1. The van der Waals surface area contributed by atoms with Crippen molar-refractivity contribution in [1.29, 1.82) is 0 Å². The number of hydrogen-bond donors (Lipinski definition) is 2. The van der Waals surface area contributed by atoms with E-state index < -0.39 is 17.4 Å². The number of nitrogens with zero attached hydrogens (tertiary/aromatic N) is 3. The monoisotopic (exact) mass is 532 g/mol. The molecule has 2 aliphatic heterocycles. The molecule has 3 aliphatic rings. The first-order valence-corrected chi connectivity index (χ1v) is 13.9. The van der Waals surface area contributed by atoms with Gasteiger partial charge in [-0.15, -0.1) is 0 Å². The molecule has 1 unspecified atom stereocenters. The number of benzene rings is 1. The van der Waals surface area contributed by atoms with Crippen molar-refractivity contribution in [3.63, 3.8) is 0 Å². The normalized spacial score (nSPS) is 22.1. The minimum absolute atomic E-state index is 0.0673. The van der Waals surface area contributed by atoms with Crippen LogP contribution >= 0.6 is 11.6 Å². The van der Waals surface area contributed by atoms with Crippen LogP contribution in [0.2, 0.25) is 5.02 Å². The number of rotatable bonds is 9. The smallest absolute Gasteiger partial charge is 0.245 e. The van der Waals surface area contributed by atoms with Gasteiger partial charge in [-0.25, -0.2) is 5.06 Å². The minimum atomic E-state index is -0.692. The Balaban J connectivity index is 1.40. The molecule has 204 valence electrons. The van der Waals surface area contributed by atoms with Crippen molar-refractivity contribution in [1.82, 2.24) is 20.2 Å². The summed E-state index contributed by atoms with van der Waals surface area (Å²) in [5.74, 6) is -0.502. The highest BCUT2D eigenvalue weighted by atomic mass is 35.5. The molecule has 0 spiro atoms. The van der Waals surface area contributed by atoms with Crippen LogP contribution in [0.4, 0.5) is 0 Å². The molecule has 1 saturated heterocycles. The van der Waals surface area contributed by atoms with E-state index in [0.29, 0.717) is 36.9 Å². The van der Waals surface area contributed by atoms with E-state index >= 15 is 0 Å². The van der Waals surface area contributed by atoms with Gasteiger partial charge in [-0.2, -0.15) is 0 Å². The highest BCUT2D eigenvalue weighted by molar-refractivity contribution is 6.30. The third-order valence-electron chi connectivity index (χ3n) is 8.30. The molecule has 1 aromatic carbocycles. The van der Waals surface area contributed by atoms with Gasteiger partial charge in [0.1, 0.15) is 6.04 Å². The van der Waals surface area contributed by atoms with Gasteiger partial charge in [0.2, 0.25) is 18.2 Å². The summed E-state index contributed by atoms with van der Waals surface area (Å²) in [4.78, 5) is 42.5. The van der Waals surface area contributed by atoms with E-state index in [0.717, 1.165) is 50.2 Å². The maximum atomic E-state index is 13.8. The minimum Gasteiger partial charge on any atom is -0.344 e. The summed E-state index contributed by atoms with van der Waals surface area (Å²) in [6.07, 6.45) is 6.22. The van der Waals surface area contributed by atoms with Gasteiger partial charge in [0.15, 0.2) is 0 Å². The Bertz CT molecular complexity index is 991. The van der Waals surface area contributed by atoms with Crippen LogP contribution < -0.4 is 5.32 Å². The molecular formula is C28H41ClN4O4. The fourth-order valence-electron chi connectivity index (χ4n) is 6.16. The SMILES string of the molecule is CC(C)(C)[C@H](NC(=O)[C@H](CC1CCCC1)CN(O)C=O)C(=O)N1CCC(N2Cc3ccc(Cl)cc3C2)C1. The Hall–Kier alpha value is -2.16. The third kappa shape index (κ3) is 6.84. The maximum absolute atomic E-state index is 13.8. The number of hydroxylamine groups is 2. The average molecular weight is 533 g/mol. The highest BCUT2D eigenvalue weighted by Crippen LogP contribution is 2.33. The lowest BCUT2D eigenvalue weighted by Crippen LogP contribution is -2.56. The molecule has 4 rings (SSSR count). The van der Waals surface area contributed by atoms with Crippen molar-refractivity contribution in [3.05, 3.63) is 34.3 Å². The summed E-state index contributed by atoms with van der Waals surface area (Å²) in [6.45, 7) is 8.78. The van der Waals surface area contributed by atoms with Crippen LogP contribution in [-0.4, -0.2) is 70.0 Å². The Morgan fingerprint density at radius 1 is 1.19 bits per heavy atom. The fourth-order valence-corrected chi connectivity index (χ4v) is 6.36. The fraction of sp³-hybridized carbons (Fsp3) is 0.679. The lowest BCUT2D eigenvalue weighted by Gasteiger charge is -2.35. The van der Waals surface area contributed by atoms with Gasteiger partial charge in [0.25, 0.3) is 0 Å². The van der Waals surface area contributed by atoms with Crippen molar-refractivity contribution in [2.45, 2.75) is 84.5 Å².